The number of nitrogens with one attached hydrogen (secondary N) is 1. The van der Waals surface area contributed by atoms with Crippen LogP contribution in [0.2, 0.25) is 5.02 Å². The monoisotopic (exact) mass is 513 g/mol. The van der Waals surface area contributed by atoms with Gasteiger partial charge in [0.2, 0.25) is 0 Å². The van der Waals surface area contributed by atoms with Crippen molar-refractivity contribution in [2.24, 2.45) is 0 Å². The van der Waals surface area contributed by atoms with E-state index in [1.54, 1.807) is 27.8 Å². The van der Waals surface area contributed by atoms with Crippen LogP contribution in [0.1, 0.15) is 39.2 Å². The number of rotatable bonds is 2. The Hall–Kier alpha value is -1.68. The fourth-order valence-electron chi connectivity index (χ4n) is 3.05. The van der Waals surface area contributed by atoms with Crippen molar-refractivity contribution in [1.82, 2.24) is 9.80 Å². The predicted molar refractivity (Wildman–Crippen MR) is 112 cm³/mol. The number of hydrogen-bond donors (Lipinski definition) is 1. The lowest BCUT2D eigenvalue weighted by atomic mass is 10.0. The molecule has 0 aromatic heterocycles. The topological polar surface area (TPSA) is 61.9 Å². The van der Waals surface area contributed by atoms with E-state index in [-0.39, 0.29) is 28.6 Å². The van der Waals surface area contributed by atoms with Crippen LogP contribution in [0.3, 0.4) is 0 Å². The van der Waals surface area contributed by atoms with Crippen LogP contribution < -0.4 is 5.32 Å². The quantitative estimate of drug-likeness (QED) is 0.528. The summed E-state index contributed by atoms with van der Waals surface area (Å²) < 4.78 is 45.5. The van der Waals surface area contributed by atoms with Crippen LogP contribution >= 0.6 is 27.5 Å². The van der Waals surface area contributed by atoms with E-state index in [2.05, 4.69) is 21.2 Å². The van der Waals surface area contributed by atoms with Crippen molar-refractivity contribution in [3.8, 4) is 0 Å². The Morgan fingerprint density at radius 2 is 1.80 bits per heavy atom. The minimum atomic E-state index is -4.68. The van der Waals surface area contributed by atoms with Gasteiger partial charge in [0.25, 0.3) is 0 Å². The van der Waals surface area contributed by atoms with E-state index in [1.807, 2.05) is 0 Å². The molecule has 1 saturated heterocycles. The molecule has 11 heteroatoms. The maximum atomic E-state index is 13.3. The summed E-state index contributed by atoms with van der Waals surface area (Å²) in [6, 6.07) is 1.34. The van der Waals surface area contributed by atoms with E-state index in [9.17, 15) is 22.8 Å². The molecule has 3 amide bonds. The number of amides is 3. The van der Waals surface area contributed by atoms with Crippen LogP contribution in [0.5, 0.6) is 0 Å². The highest BCUT2D eigenvalue weighted by Crippen LogP contribution is 2.41. The van der Waals surface area contributed by atoms with Crippen molar-refractivity contribution in [3.05, 3.63) is 27.2 Å². The van der Waals surface area contributed by atoms with Gasteiger partial charge in [-0.3, -0.25) is 0 Å². The number of benzene rings is 1. The molecule has 1 aromatic rings. The minimum absolute atomic E-state index is 0.133. The molecule has 0 radical (unpaired) electrons. The van der Waals surface area contributed by atoms with Gasteiger partial charge in [-0.05, 0) is 45.7 Å². The van der Waals surface area contributed by atoms with Crippen LogP contribution in [0.25, 0.3) is 0 Å². The first kappa shape index (κ1) is 24.6. The highest BCUT2D eigenvalue weighted by Gasteiger charge is 2.36. The average Bonchev–Trinajstić information content (AvgIpc) is 2.60. The molecule has 1 heterocycles. The average molecular weight is 515 g/mol. The lowest BCUT2D eigenvalue weighted by Crippen LogP contribution is -2.49. The number of nitrogens with zero attached hydrogens (tertiary/aromatic N) is 2. The second kappa shape index (κ2) is 9.21. The summed E-state index contributed by atoms with van der Waals surface area (Å²) in [5, 5.41) is 2.07. The van der Waals surface area contributed by atoms with Gasteiger partial charge in [-0.15, -0.1) is 0 Å². The predicted octanol–water partition coefficient (Wildman–Crippen LogP) is 5.98. The summed E-state index contributed by atoms with van der Waals surface area (Å²) in [6.07, 6.45) is -4.19. The molecule has 0 unspecified atom stereocenters. The van der Waals surface area contributed by atoms with Gasteiger partial charge in [0.1, 0.15) is 5.60 Å². The van der Waals surface area contributed by atoms with Crippen molar-refractivity contribution in [1.29, 1.82) is 0 Å². The van der Waals surface area contributed by atoms with Gasteiger partial charge in [0.05, 0.1) is 16.3 Å². The Bertz CT molecular complexity index is 807. The summed E-state index contributed by atoms with van der Waals surface area (Å²) >= 11 is 8.94. The summed E-state index contributed by atoms with van der Waals surface area (Å²) in [7, 11) is 1.63. The maximum absolute atomic E-state index is 13.3. The van der Waals surface area contributed by atoms with Crippen LogP contribution in [0.4, 0.5) is 28.4 Å². The van der Waals surface area contributed by atoms with Gasteiger partial charge in [-0.25, -0.2) is 9.59 Å². The van der Waals surface area contributed by atoms with Gasteiger partial charge >= 0.3 is 18.3 Å². The SMILES string of the molecule is CN(C(=O)OC(C)(C)C)C1CCN(C(=O)Nc2c(Cl)cc(Br)cc2C(F)(F)F)CC1. The van der Waals surface area contributed by atoms with Gasteiger partial charge in [-0.1, -0.05) is 27.5 Å². The van der Waals surface area contributed by atoms with Crippen LogP contribution in [0, 0.1) is 0 Å². The third kappa shape index (κ3) is 6.41. The van der Waals surface area contributed by atoms with E-state index in [1.165, 1.54) is 15.9 Å². The molecule has 1 fully saturated rings. The Labute approximate surface area is 186 Å². The molecule has 1 aliphatic rings. The summed E-state index contributed by atoms with van der Waals surface area (Å²) in [4.78, 5) is 27.6. The maximum Gasteiger partial charge on any atom is 0.418 e. The molecule has 0 bridgehead atoms. The van der Waals surface area contributed by atoms with E-state index < -0.39 is 35.2 Å². The largest absolute Gasteiger partial charge is 0.444 e. The second-order valence-electron chi connectivity index (χ2n) is 8.05. The Kier molecular flexibility index (Phi) is 7.55. The van der Waals surface area contributed by atoms with E-state index in [0.717, 1.165) is 6.07 Å². The first-order valence-electron chi connectivity index (χ1n) is 9.27. The number of alkyl halides is 3. The standard InChI is InChI=1S/C19H24BrClF3N3O3/c1-18(2,3)30-17(29)26(4)12-5-7-27(8-6-12)16(28)25-15-13(19(22,23)24)9-11(20)10-14(15)21/h9-10,12H,5-8H2,1-4H3,(H,25,28). The van der Waals surface area contributed by atoms with Gasteiger partial charge in [0, 0.05) is 30.7 Å². The third-order valence-corrected chi connectivity index (χ3v) is 5.33. The lowest BCUT2D eigenvalue weighted by Gasteiger charge is -2.37. The molecular weight excluding hydrogens is 491 g/mol. The summed E-state index contributed by atoms with van der Waals surface area (Å²) in [6.45, 7) is 5.87. The molecule has 1 aliphatic heterocycles. The number of hydrogen-bond acceptors (Lipinski definition) is 3. The van der Waals surface area contributed by atoms with E-state index >= 15 is 0 Å². The molecule has 2 rings (SSSR count). The number of urea groups is 1. The smallest absolute Gasteiger partial charge is 0.418 e. The zero-order valence-electron chi connectivity index (χ0n) is 17.1. The van der Waals surface area contributed by atoms with Gasteiger partial charge in [0.15, 0.2) is 0 Å². The molecule has 0 atom stereocenters. The molecule has 6 nitrogen and oxygen atoms in total. The van der Waals surface area contributed by atoms with Crippen molar-refractivity contribution in [2.45, 2.75) is 51.4 Å². The van der Waals surface area contributed by atoms with Crippen molar-refractivity contribution < 1.29 is 27.5 Å². The van der Waals surface area contributed by atoms with E-state index in [4.69, 9.17) is 16.3 Å². The number of carbonyl (C=O) groups is 2. The molecule has 30 heavy (non-hydrogen) atoms. The fourth-order valence-corrected chi connectivity index (χ4v) is 3.91. The number of ether oxygens (including phenoxy) is 1. The number of anilines is 1. The molecule has 0 spiro atoms. The molecule has 1 N–H and O–H groups in total. The molecule has 1 aromatic carbocycles. The highest BCUT2D eigenvalue weighted by atomic mass is 79.9. The van der Waals surface area contributed by atoms with Crippen molar-refractivity contribution in [3.63, 3.8) is 0 Å². The zero-order valence-corrected chi connectivity index (χ0v) is 19.4. The second-order valence-corrected chi connectivity index (χ2v) is 9.37. The minimum Gasteiger partial charge on any atom is -0.444 e. The zero-order chi connectivity index (χ0) is 22.9. The normalized spacial score (nSPS) is 15.7. The number of piperidine rings is 1. The van der Waals surface area contributed by atoms with Crippen molar-refractivity contribution in [2.75, 3.05) is 25.5 Å². The number of likely N-dealkylation sites (tertiary alicyclic amines) is 1. The van der Waals surface area contributed by atoms with E-state index in [0.29, 0.717) is 12.8 Å². The van der Waals surface area contributed by atoms with Gasteiger partial charge in [-0.2, -0.15) is 13.2 Å². The Balaban J connectivity index is 2.03. The van der Waals surface area contributed by atoms with Crippen LogP contribution in [-0.4, -0.2) is 53.7 Å². The fraction of sp³-hybridized carbons (Fsp3) is 0.579. The summed E-state index contributed by atoms with van der Waals surface area (Å²) in [5.74, 6) is 0. The number of halogens is 5. The van der Waals surface area contributed by atoms with Crippen LogP contribution in [-0.2, 0) is 10.9 Å². The number of carbonyl (C=O) groups excluding carboxylic acids is 2. The Morgan fingerprint density at radius 1 is 1.23 bits per heavy atom. The first-order chi connectivity index (χ1) is 13.7. The Morgan fingerprint density at radius 3 is 2.30 bits per heavy atom. The molecular formula is C19H24BrClF3N3O3. The summed E-state index contributed by atoms with van der Waals surface area (Å²) in [5.41, 5.74) is -2.13. The highest BCUT2D eigenvalue weighted by molar-refractivity contribution is 9.10. The van der Waals surface area contributed by atoms with Crippen molar-refractivity contribution >= 4 is 45.3 Å². The first-order valence-corrected chi connectivity index (χ1v) is 10.4. The third-order valence-electron chi connectivity index (χ3n) is 4.57. The molecule has 0 saturated carbocycles. The van der Waals surface area contributed by atoms with Gasteiger partial charge < -0.3 is 19.9 Å². The molecule has 0 aliphatic carbocycles. The van der Waals surface area contributed by atoms with Crippen LogP contribution in [0.15, 0.2) is 16.6 Å². The lowest BCUT2D eigenvalue weighted by molar-refractivity contribution is -0.137. The molecule has 168 valence electrons.